The lowest BCUT2D eigenvalue weighted by atomic mass is 10.1. The first-order valence-electron chi connectivity index (χ1n) is 5.48. The Morgan fingerprint density at radius 2 is 2.16 bits per heavy atom. The number of carboxylic acid groups (broad SMARTS) is 1. The van der Waals surface area contributed by atoms with E-state index in [4.69, 9.17) is 5.11 Å². The van der Waals surface area contributed by atoms with Gasteiger partial charge in [0.05, 0.1) is 13.0 Å². The van der Waals surface area contributed by atoms with Crippen LogP contribution < -0.4 is 4.90 Å². The summed E-state index contributed by atoms with van der Waals surface area (Å²) in [6.45, 7) is 0.0560. The van der Waals surface area contributed by atoms with Crippen LogP contribution in [-0.2, 0) is 14.3 Å². The van der Waals surface area contributed by atoms with Crippen molar-refractivity contribution in [3.63, 3.8) is 0 Å². The second-order valence-corrected chi connectivity index (χ2v) is 4.01. The van der Waals surface area contributed by atoms with Crippen LogP contribution in [0.15, 0.2) is 12.1 Å². The smallest absolute Gasteiger partial charge is 0.358 e. The molecule has 100 valence electrons. The van der Waals surface area contributed by atoms with Crippen molar-refractivity contribution in [1.29, 1.82) is 0 Å². The van der Waals surface area contributed by atoms with E-state index in [9.17, 15) is 14.4 Å². The van der Waals surface area contributed by atoms with Gasteiger partial charge in [-0.2, -0.15) is 0 Å². The van der Waals surface area contributed by atoms with E-state index in [0.717, 1.165) is 0 Å². The minimum absolute atomic E-state index is 0.0210. The van der Waals surface area contributed by atoms with Gasteiger partial charge in [-0.25, -0.2) is 4.79 Å². The Bertz CT molecular complexity index is 528. The van der Waals surface area contributed by atoms with Gasteiger partial charge in [0, 0.05) is 13.0 Å². The molecule has 0 spiro atoms. The number of methoxy groups -OCH3 is 1. The summed E-state index contributed by atoms with van der Waals surface area (Å²) in [5, 5.41) is 16.2. The SMILES string of the molecule is COC(=O)c1ccc(N2CC(C(=O)O)CC2=O)nn1. The van der Waals surface area contributed by atoms with Gasteiger partial charge < -0.3 is 9.84 Å². The quantitative estimate of drug-likeness (QED) is 0.747. The average molecular weight is 265 g/mol. The Morgan fingerprint density at radius 1 is 1.42 bits per heavy atom. The first kappa shape index (κ1) is 12.9. The zero-order valence-electron chi connectivity index (χ0n) is 10.1. The summed E-state index contributed by atoms with van der Waals surface area (Å²) in [5.74, 6) is -2.49. The number of rotatable bonds is 3. The lowest BCUT2D eigenvalue weighted by Crippen LogP contribution is -2.27. The van der Waals surface area contributed by atoms with E-state index >= 15 is 0 Å². The van der Waals surface area contributed by atoms with E-state index in [-0.39, 0.29) is 30.4 Å². The Balaban J connectivity index is 2.17. The van der Waals surface area contributed by atoms with E-state index in [1.54, 1.807) is 0 Å². The number of aromatic nitrogens is 2. The van der Waals surface area contributed by atoms with Gasteiger partial charge in [-0.3, -0.25) is 14.5 Å². The number of carbonyl (C=O) groups excluding carboxylic acids is 2. The molecule has 1 amide bonds. The maximum absolute atomic E-state index is 11.7. The van der Waals surface area contributed by atoms with Gasteiger partial charge in [0.25, 0.3) is 0 Å². The molecule has 8 nitrogen and oxygen atoms in total. The molecule has 2 heterocycles. The molecule has 1 aliphatic heterocycles. The van der Waals surface area contributed by atoms with Crippen LogP contribution >= 0.6 is 0 Å². The molecule has 0 aromatic carbocycles. The van der Waals surface area contributed by atoms with Gasteiger partial charge in [-0.15, -0.1) is 10.2 Å². The fraction of sp³-hybridized carbons (Fsp3) is 0.364. The van der Waals surface area contributed by atoms with E-state index in [1.165, 1.54) is 24.1 Å². The summed E-state index contributed by atoms with van der Waals surface area (Å²) in [5.41, 5.74) is 0.0210. The number of carbonyl (C=O) groups is 3. The molecular formula is C11H11N3O5. The van der Waals surface area contributed by atoms with Crippen LogP contribution in [0.3, 0.4) is 0 Å². The van der Waals surface area contributed by atoms with Crippen molar-refractivity contribution in [2.45, 2.75) is 6.42 Å². The van der Waals surface area contributed by atoms with Crippen molar-refractivity contribution < 1.29 is 24.2 Å². The fourth-order valence-electron chi connectivity index (χ4n) is 1.78. The van der Waals surface area contributed by atoms with E-state index in [1.807, 2.05) is 0 Å². The maximum atomic E-state index is 11.7. The van der Waals surface area contributed by atoms with Crippen molar-refractivity contribution in [3.8, 4) is 0 Å². The van der Waals surface area contributed by atoms with Crippen molar-refractivity contribution in [1.82, 2.24) is 10.2 Å². The third-order valence-electron chi connectivity index (χ3n) is 2.80. The number of amides is 1. The van der Waals surface area contributed by atoms with Gasteiger partial charge in [-0.05, 0) is 12.1 Å². The molecule has 1 saturated heterocycles. The highest BCUT2D eigenvalue weighted by Gasteiger charge is 2.35. The molecule has 8 heteroatoms. The van der Waals surface area contributed by atoms with Gasteiger partial charge in [-0.1, -0.05) is 0 Å². The molecular weight excluding hydrogens is 254 g/mol. The molecule has 1 aliphatic rings. The monoisotopic (exact) mass is 265 g/mol. The standard InChI is InChI=1S/C11H11N3O5/c1-19-11(18)7-2-3-8(13-12-7)14-5-6(10(16)17)4-9(14)15/h2-3,6H,4-5H2,1H3,(H,16,17). The number of esters is 1. The minimum atomic E-state index is -1.02. The van der Waals surface area contributed by atoms with E-state index in [0.29, 0.717) is 0 Å². The molecule has 0 saturated carbocycles. The largest absolute Gasteiger partial charge is 0.481 e. The van der Waals surface area contributed by atoms with Crippen LogP contribution in [0, 0.1) is 5.92 Å². The summed E-state index contributed by atoms with van der Waals surface area (Å²) in [4.78, 5) is 34.9. The maximum Gasteiger partial charge on any atom is 0.358 e. The Kier molecular flexibility index (Phi) is 3.41. The van der Waals surface area contributed by atoms with E-state index < -0.39 is 17.9 Å². The predicted molar refractivity (Wildman–Crippen MR) is 61.5 cm³/mol. The van der Waals surface area contributed by atoms with Crippen LogP contribution in [-0.4, -0.2) is 46.8 Å². The third-order valence-corrected chi connectivity index (χ3v) is 2.80. The van der Waals surface area contributed by atoms with Gasteiger partial charge in [0.2, 0.25) is 5.91 Å². The molecule has 0 aliphatic carbocycles. The van der Waals surface area contributed by atoms with E-state index in [2.05, 4.69) is 14.9 Å². The third kappa shape index (κ3) is 2.51. The van der Waals surface area contributed by atoms with Crippen molar-refractivity contribution in [3.05, 3.63) is 17.8 Å². The Morgan fingerprint density at radius 3 is 2.63 bits per heavy atom. The second-order valence-electron chi connectivity index (χ2n) is 4.01. The van der Waals surface area contributed by atoms with Gasteiger partial charge in [0.1, 0.15) is 0 Å². The van der Waals surface area contributed by atoms with Crippen molar-refractivity contribution >= 4 is 23.7 Å². The highest BCUT2D eigenvalue weighted by Crippen LogP contribution is 2.23. The number of hydrogen-bond donors (Lipinski definition) is 1. The van der Waals surface area contributed by atoms with Crippen molar-refractivity contribution in [2.24, 2.45) is 5.92 Å². The molecule has 1 aromatic heterocycles. The number of carboxylic acids is 1. The Labute approximate surface area is 108 Å². The lowest BCUT2D eigenvalue weighted by Gasteiger charge is -2.13. The van der Waals surface area contributed by atoms with Crippen LogP contribution in [0.5, 0.6) is 0 Å². The Hall–Kier alpha value is -2.51. The molecule has 1 aromatic rings. The normalized spacial score (nSPS) is 18.5. The lowest BCUT2D eigenvalue weighted by molar-refractivity contribution is -0.141. The first-order chi connectivity index (χ1) is 9.02. The molecule has 2 rings (SSSR count). The minimum Gasteiger partial charge on any atom is -0.481 e. The molecule has 1 N–H and O–H groups in total. The second kappa shape index (κ2) is 5.01. The van der Waals surface area contributed by atoms with Gasteiger partial charge in [0.15, 0.2) is 11.5 Å². The highest BCUT2D eigenvalue weighted by molar-refractivity contribution is 5.98. The highest BCUT2D eigenvalue weighted by atomic mass is 16.5. The topological polar surface area (TPSA) is 110 Å². The summed E-state index contributed by atoms with van der Waals surface area (Å²) in [6.07, 6.45) is -0.0598. The molecule has 1 atom stereocenters. The predicted octanol–water partition coefficient (Wildman–Crippen LogP) is -0.299. The molecule has 1 unspecified atom stereocenters. The van der Waals surface area contributed by atoms with Crippen LogP contribution in [0.1, 0.15) is 16.9 Å². The molecule has 0 bridgehead atoms. The summed E-state index contributed by atoms with van der Waals surface area (Å²) in [7, 11) is 1.22. The zero-order valence-corrected chi connectivity index (χ0v) is 10.1. The molecule has 19 heavy (non-hydrogen) atoms. The number of hydrogen-bond acceptors (Lipinski definition) is 6. The number of nitrogens with zero attached hydrogens (tertiary/aromatic N) is 3. The van der Waals surface area contributed by atoms with Crippen LogP contribution in [0.4, 0.5) is 5.82 Å². The fourth-order valence-corrected chi connectivity index (χ4v) is 1.78. The van der Waals surface area contributed by atoms with Crippen molar-refractivity contribution in [2.75, 3.05) is 18.6 Å². The summed E-state index contributed by atoms with van der Waals surface area (Å²) < 4.78 is 4.47. The number of ether oxygens (including phenoxy) is 1. The molecule has 1 fully saturated rings. The zero-order chi connectivity index (χ0) is 14.0. The first-order valence-corrected chi connectivity index (χ1v) is 5.48. The van der Waals surface area contributed by atoms with Crippen LogP contribution in [0.2, 0.25) is 0 Å². The summed E-state index contributed by atoms with van der Waals surface area (Å²) in [6, 6.07) is 2.80. The average Bonchev–Trinajstić information content (AvgIpc) is 2.80. The number of aliphatic carboxylic acids is 1. The summed E-state index contributed by atoms with van der Waals surface area (Å²) >= 11 is 0. The number of anilines is 1. The van der Waals surface area contributed by atoms with Crippen LogP contribution in [0.25, 0.3) is 0 Å². The van der Waals surface area contributed by atoms with Gasteiger partial charge >= 0.3 is 11.9 Å². The molecule has 0 radical (unpaired) electrons.